The van der Waals surface area contributed by atoms with Gasteiger partial charge in [-0.15, -0.1) is 0 Å². The summed E-state index contributed by atoms with van der Waals surface area (Å²) < 4.78 is 0. The van der Waals surface area contributed by atoms with Crippen LogP contribution in [0.1, 0.15) is 19.3 Å². The van der Waals surface area contributed by atoms with Crippen molar-refractivity contribution in [3.8, 4) is 0 Å². The molecule has 0 bridgehead atoms. The van der Waals surface area contributed by atoms with Crippen LogP contribution in [0, 0.1) is 0 Å². The predicted octanol–water partition coefficient (Wildman–Crippen LogP) is -0.780. The first-order valence-electron chi connectivity index (χ1n) is 6.59. The largest absolute Gasteiger partial charge is 0.337 e. The monoisotopic (exact) mass is 268 g/mol. The fourth-order valence-corrected chi connectivity index (χ4v) is 2.62. The van der Waals surface area contributed by atoms with E-state index in [1.54, 1.807) is 11.9 Å². The van der Waals surface area contributed by atoms with Crippen molar-refractivity contribution in [1.29, 1.82) is 0 Å². The number of piperidine rings is 1. The summed E-state index contributed by atoms with van der Waals surface area (Å²) in [5.41, 5.74) is 5.67. The lowest BCUT2D eigenvalue weighted by Crippen LogP contribution is -2.51. The van der Waals surface area contributed by atoms with Crippen LogP contribution in [0.2, 0.25) is 0 Å². The van der Waals surface area contributed by atoms with Crippen molar-refractivity contribution in [2.24, 2.45) is 5.73 Å². The van der Waals surface area contributed by atoms with E-state index in [2.05, 4.69) is 0 Å². The lowest BCUT2D eigenvalue weighted by molar-refractivity contribution is -0.139. The Bertz CT molecular complexity index is 398. The summed E-state index contributed by atoms with van der Waals surface area (Å²) in [7, 11) is 1.55. The van der Waals surface area contributed by atoms with E-state index in [1.807, 2.05) is 0 Å². The Hall–Kier alpha value is -1.63. The summed E-state index contributed by atoms with van der Waals surface area (Å²) in [6.07, 6.45) is 2.91. The van der Waals surface area contributed by atoms with Crippen LogP contribution in [-0.2, 0) is 9.59 Å². The number of urea groups is 1. The Morgan fingerprint density at radius 3 is 2.68 bits per heavy atom. The number of nitrogens with two attached hydrogens (primary N) is 1. The number of imide groups is 1. The van der Waals surface area contributed by atoms with E-state index < -0.39 is 6.03 Å². The molecule has 7 heteroatoms. The molecular formula is C12H20N4O3. The molecule has 19 heavy (non-hydrogen) atoms. The quantitative estimate of drug-likeness (QED) is 0.680. The maximum atomic E-state index is 12.2. The SMILES string of the molecule is CN1CC(=O)N(CC(=O)N2CCCC[C@H]2CN)C1=O. The molecule has 0 unspecified atom stereocenters. The normalized spacial score (nSPS) is 24.3. The standard InChI is InChI=1S/C12H20N4O3/c1-14-7-10(17)16(12(14)19)8-11(18)15-5-3-2-4-9(15)6-13/h9H,2-8,13H2,1H3/t9-/m0/s1. The van der Waals surface area contributed by atoms with E-state index >= 15 is 0 Å². The molecule has 2 saturated heterocycles. The minimum Gasteiger partial charge on any atom is -0.337 e. The summed E-state index contributed by atoms with van der Waals surface area (Å²) >= 11 is 0. The second kappa shape index (κ2) is 5.56. The van der Waals surface area contributed by atoms with Crippen molar-refractivity contribution in [1.82, 2.24) is 14.7 Å². The van der Waals surface area contributed by atoms with E-state index in [1.165, 1.54) is 4.90 Å². The van der Waals surface area contributed by atoms with Gasteiger partial charge in [-0.3, -0.25) is 14.5 Å². The van der Waals surface area contributed by atoms with Crippen LogP contribution in [0.15, 0.2) is 0 Å². The van der Waals surface area contributed by atoms with Gasteiger partial charge in [-0.25, -0.2) is 4.79 Å². The summed E-state index contributed by atoms with van der Waals surface area (Å²) in [6.45, 7) is 0.964. The smallest absolute Gasteiger partial charge is 0.327 e. The van der Waals surface area contributed by atoms with Gasteiger partial charge in [-0.1, -0.05) is 0 Å². The zero-order chi connectivity index (χ0) is 14.0. The fraction of sp³-hybridized carbons (Fsp3) is 0.750. The van der Waals surface area contributed by atoms with Crippen LogP contribution in [0.4, 0.5) is 4.79 Å². The van der Waals surface area contributed by atoms with Gasteiger partial charge in [0.25, 0.3) is 5.91 Å². The minimum atomic E-state index is -0.403. The highest BCUT2D eigenvalue weighted by molar-refractivity contribution is 6.04. The van der Waals surface area contributed by atoms with E-state index in [-0.39, 0.29) is 30.9 Å². The van der Waals surface area contributed by atoms with E-state index in [4.69, 9.17) is 5.73 Å². The second-order valence-electron chi connectivity index (χ2n) is 5.09. The van der Waals surface area contributed by atoms with Gasteiger partial charge in [-0.2, -0.15) is 0 Å². The lowest BCUT2D eigenvalue weighted by atomic mass is 10.0. The maximum absolute atomic E-state index is 12.2. The molecular weight excluding hydrogens is 248 g/mol. The molecule has 2 aliphatic rings. The van der Waals surface area contributed by atoms with Crippen LogP contribution in [0.3, 0.4) is 0 Å². The molecule has 4 amide bonds. The number of carbonyl (C=O) groups is 3. The number of rotatable bonds is 3. The third-order valence-electron chi connectivity index (χ3n) is 3.74. The van der Waals surface area contributed by atoms with Crippen LogP contribution in [0.25, 0.3) is 0 Å². The van der Waals surface area contributed by atoms with Crippen LogP contribution < -0.4 is 5.73 Å². The Kier molecular flexibility index (Phi) is 4.04. The molecule has 1 atom stereocenters. The van der Waals surface area contributed by atoms with Crippen molar-refractivity contribution in [3.63, 3.8) is 0 Å². The molecule has 0 aliphatic carbocycles. The zero-order valence-electron chi connectivity index (χ0n) is 11.2. The third-order valence-corrected chi connectivity index (χ3v) is 3.74. The highest BCUT2D eigenvalue weighted by Crippen LogP contribution is 2.17. The molecule has 2 aliphatic heterocycles. The van der Waals surface area contributed by atoms with Crippen LogP contribution in [0.5, 0.6) is 0 Å². The summed E-state index contributed by atoms with van der Waals surface area (Å²) in [6, 6.07) is -0.369. The van der Waals surface area contributed by atoms with Gasteiger partial charge in [0.15, 0.2) is 0 Å². The number of likely N-dealkylation sites (tertiary alicyclic amines) is 1. The van der Waals surface area contributed by atoms with Gasteiger partial charge in [0, 0.05) is 26.2 Å². The molecule has 0 aromatic rings. The minimum absolute atomic E-state index is 0.0341. The molecule has 106 valence electrons. The lowest BCUT2D eigenvalue weighted by Gasteiger charge is -2.35. The molecule has 0 spiro atoms. The van der Waals surface area contributed by atoms with Crippen LogP contribution in [-0.4, -0.2) is 71.8 Å². The highest BCUT2D eigenvalue weighted by atomic mass is 16.2. The number of amides is 4. The van der Waals surface area contributed by atoms with Gasteiger partial charge < -0.3 is 15.5 Å². The maximum Gasteiger partial charge on any atom is 0.327 e. The summed E-state index contributed by atoms with van der Waals surface area (Å²) in [5.74, 6) is -0.505. The van der Waals surface area contributed by atoms with Crippen molar-refractivity contribution < 1.29 is 14.4 Å². The molecule has 2 rings (SSSR count). The van der Waals surface area contributed by atoms with Crippen molar-refractivity contribution in [2.75, 3.05) is 33.2 Å². The van der Waals surface area contributed by atoms with Crippen molar-refractivity contribution in [2.45, 2.75) is 25.3 Å². The topological polar surface area (TPSA) is 87.0 Å². The van der Waals surface area contributed by atoms with E-state index in [0.717, 1.165) is 24.2 Å². The molecule has 2 N–H and O–H groups in total. The fourth-order valence-electron chi connectivity index (χ4n) is 2.62. The first kappa shape index (κ1) is 13.8. The number of carbonyl (C=O) groups excluding carboxylic acids is 3. The number of hydrogen-bond acceptors (Lipinski definition) is 4. The van der Waals surface area contributed by atoms with Gasteiger partial charge in [-0.05, 0) is 19.3 Å². The molecule has 0 aromatic carbocycles. The van der Waals surface area contributed by atoms with E-state index in [0.29, 0.717) is 13.1 Å². The molecule has 7 nitrogen and oxygen atoms in total. The molecule has 0 aromatic heterocycles. The molecule has 2 heterocycles. The Labute approximate surface area is 112 Å². The van der Waals surface area contributed by atoms with Gasteiger partial charge in [0.1, 0.15) is 13.1 Å². The van der Waals surface area contributed by atoms with E-state index in [9.17, 15) is 14.4 Å². The number of nitrogens with zero attached hydrogens (tertiary/aromatic N) is 3. The summed E-state index contributed by atoms with van der Waals surface area (Å²) in [4.78, 5) is 39.6. The Morgan fingerprint density at radius 1 is 1.37 bits per heavy atom. The average Bonchev–Trinajstić information content (AvgIpc) is 2.65. The molecule has 0 radical (unpaired) electrons. The molecule has 2 fully saturated rings. The molecule has 0 saturated carbocycles. The van der Waals surface area contributed by atoms with Crippen molar-refractivity contribution in [3.05, 3.63) is 0 Å². The average molecular weight is 268 g/mol. The number of hydrogen-bond donors (Lipinski definition) is 1. The highest BCUT2D eigenvalue weighted by Gasteiger charge is 2.36. The third kappa shape index (κ3) is 2.70. The zero-order valence-corrected chi connectivity index (χ0v) is 11.2. The Balaban J connectivity index is 2.00. The summed E-state index contributed by atoms with van der Waals surface area (Å²) in [5, 5.41) is 0. The van der Waals surface area contributed by atoms with Gasteiger partial charge >= 0.3 is 6.03 Å². The van der Waals surface area contributed by atoms with Crippen LogP contribution >= 0.6 is 0 Å². The van der Waals surface area contributed by atoms with Gasteiger partial charge in [0.05, 0.1) is 0 Å². The van der Waals surface area contributed by atoms with Crippen molar-refractivity contribution >= 4 is 17.8 Å². The first-order chi connectivity index (χ1) is 9.04. The predicted molar refractivity (Wildman–Crippen MR) is 68.1 cm³/mol. The second-order valence-corrected chi connectivity index (χ2v) is 5.09. The first-order valence-corrected chi connectivity index (χ1v) is 6.59. The van der Waals surface area contributed by atoms with Gasteiger partial charge in [0.2, 0.25) is 5.91 Å². The Morgan fingerprint density at radius 2 is 2.11 bits per heavy atom. The number of likely N-dealkylation sites (N-methyl/N-ethyl adjacent to an activating group) is 1.